The topological polar surface area (TPSA) is 75.7 Å². The highest BCUT2D eigenvalue weighted by atomic mass is 79.9. The molecular formula is C5H5BrN4. The number of hydrogen-bond donors (Lipinski definition) is 2. The van der Waals surface area contributed by atoms with Crippen LogP contribution >= 0.6 is 15.9 Å². The maximum absolute atomic E-state index is 7.03. The van der Waals surface area contributed by atoms with E-state index in [1.807, 2.05) is 0 Å². The first-order valence-corrected chi connectivity index (χ1v) is 3.31. The van der Waals surface area contributed by atoms with Gasteiger partial charge in [-0.15, -0.1) is 0 Å². The van der Waals surface area contributed by atoms with Gasteiger partial charge >= 0.3 is 0 Å². The molecule has 3 N–H and O–H groups in total. The van der Waals surface area contributed by atoms with Crippen molar-refractivity contribution >= 4 is 21.8 Å². The minimum absolute atomic E-state index is 0.0609. The Morgan fingerprint density at radius 1 is 1.70 bits per heavy atom. The van der Waals surface area contributed by atoms with Crippen molar-refractivity contribution < 1.29 is 0 Å². The van der Waals surface area contributed by atoms with Gasteiger partial charge < -0.3 is 5.73 Å². The van der Waals surface area contributed by atoms with Gasteiger partial charge in [0.1, 0.15) is 17.9 Å². The fourth-order valence-corrected chi connectivity index (χ4v) is 0.945. The predicted octanol–water partition coefficient (Wildman–Crippen LogP) is 0.523. The summed E-state index contributed by atoms with van der Waals surface area (Å²) in [6, 6.07) is 0. The molecule has 0 atom stereocenters. The Labute approximate surface area is 66.1 Å². The van der Waals surface area contributed by atoms with Crippen LogP contribution in [0.3, 0.4) is 0 Å². The quantitative estimate of drug-likeness (QED) is 0.513. The zero-order valence-electron chi connectivity index (χ0n) is 5.00. The molecule has 0 aliphatic rings. The molecule has 0 saturated carbocycles. The fraction of sp³-hybridized carbons (Fsp3) is 0. The molecule has 5 heteroatoms. The van der Waals surface area contributed by atoms with Crippen LogP contribution < -0.4 is 5.73 Å². The molecular weight excluding hydrogens is 196 g/mol. The summed E-state index contributed by atoms with van der Waals surface area (Å²) in [5.41, 5.74) is 5.60. The molecule has 10 heavy (non-hydrogen) atoms. The molecule has 52 valence electrons. The Bertz CT molecular complexity index is 260. The number of amidine groups is 1. The number of nitrogens with two attached hydrogens (primary N) is 1. The summed E-state index contributed by atoms with van der Waals surface area (Å²) in [6.07, 6.45) is 2.89. The Hall–Kier alpha value is -0.970. The monoisotopic (exact) mass is 200 g/mol. The largest absolute Gasteiger partial charge is 0.382 e. The van der Waals surface area contributed by atoms with Crippen molar-refractivity contribution in [3.05, 3.63) is 22.7 Å². The number of nitrogens with zero attached hydrogens (tertiary/aromatic N) is 2. The maximum atomic E-state index is 7.03. The van der Waals surface area contributed by atoms with E-state index >= 15 is 0 Å². The van der Waals surface area contributed by atoms with Gasteiger partial charge in [0.15, 0.2) is 0 Å². The molecule has 0 aliphatic heterocycles. The average Bonchev–Trinajstić information content (AvgIpc) is 1.88. The van der Waals surface area contributed by atoms with Crippen molar-refractivity contribution in [2.24, 2.45) is 5.73 Å². The predicted molar refractivity (Wildman–Crippen MR) is 40.7 cm³/mol. The molecule has 0 aliphatic carbocycles. The van der Waals surface area contributed by atoms with E-state index in [4.69, 9.17) is 11.1 Å². The molecule has 0 aromatic carbocycles. The molecule has 0 fully saturated rings. The second-order valence-electron chi connectivity index (χ2n) is 1.63. The van der Waals surface area contributed by atoms with Crippen molar-refractivity contribution in [3.8, 4) is 0 Å². The van der Waals surface area contributed by atoms with E-state index in [2.05, 4.69) is 25.9 Å². The summed E-state index contributed by atoms with van der Waals surface area (Å²) >= 11 is 3.15. The molecule has 4 nitrogen and oxygen atoms in total. The number of nitrogens with one attached hydrogen (secondary N) is 1. The molecule has 0 unspecified atom stereocenters. The Morgan fingerprint density at radius 2 is 2.40 bits per heavy atom. The van der Waals surface area contributed by atoms with Crippen molar-refractivity contribution in [2.45, 2.75) is 0 Å². The summed E-state index contributed by atoms with van der Waals surface area (Å²) in [5.74, 6) is -0.0609. The lowest BCUT2D eigenvalue weighted by Crippen LogP contribution is -2.13. The van der Waals surface area contributed by atoms with Gasteiger partial charge in [-0.2, -0.15) is 0 Å². The van der Waals surface area contributed by atoms with Crippen LogP contribution in [-0.4, -0.2) is 15.8 Å². The van der Waals surface area contributed by atoms with Gasteiger partial charge in [0.25, 0.3) is 0 Å². The van der Waals surface area contributed by atoms with E-state index < -0.39 is 0 Å². The number of halogens is 1. The van der Waals surface area contributed by atoms with Crippen LogP contribution in [0, 0.1) is 5.41 Å². The van der Waals surface area contributed by atoms with Crippen LogP contribution in [0.25, 0.3) is 0 Å². The number of aromatic nitrogens is 2. The number of nitrogen functional groups attached to an aromatic ring is 1. The third-order valence-electron chi connectivity index (χ3n) is 0.923. The van der Waals surface area contributed by atoms with Gasteiger partial charge in [0.2, 0.25) is 0 Å². The van der Waals surface area contributed by atoms with E-state index in [1.54, 1.807) is 6.20 Å². The normalized spacial score (nSPS) is 9.30. The van der Waals surface area contributed by atoms with Crippen molar-refractivity contribution in [2.75, 3.05) is 0 Å². The van der Waals surface area contributed by atoms with E-state index in [0.717, 1.165) is 0 Å². The highest BCUT2D eigenvalue weighted by molar-refractivity contribution is 9.10. The van der Waals surface area contributed by atoms with Crippen molar-refractivity contribution in [3.63, 3.8) is 0 Å². The minimum Gasteiger partial charge on any atom is -0.382 e. The maximum Gasteiger partial charge on any atom is 0.143 e. The van der Waals surface area contributed by atoms with Crippen molar-refractivity contribution in [1.29, 1.82) is 5.41 Å². The van der Waals surface area contributed by atoms with E-state index in [0.29, 0.717) is 10.2 Å². The first-order valence-electron chi connectivity index (χ1n) is 2.51. The second-order valence-corrected chi connectivity index (χ2v) is 2.49. The zero-order chi connectivity index (χ0) is 7.56. The zero-order valence-corrected chi connectivity index (χ0v) is 6.59. The Morgan fingerprint density at radius 3 is 2.80 bits per heavy atom. The molecule has 0 bridgehead atoms. The first kappa shape index (κ1) is 7.14. The van der Waals surface area contributed by atoms with E-state index in [1.165, 1.54) is 6.33 Å². The van der Waals surface area contributed by atoms with Crippen LogP contribution in [0.2, 0.25) is 0 Å². The summed E-state index contributed by atoms with van der Waals surface area (Å²) in [6.45, 7) is 0. The molecule has 0 radical (unpaired) electrons. The standard InChI is InChI=1S/C5H5BrN4/c6-3-1-9-2-10-4(3)5(7)8/h1-2H,(H3,7,8). The highest BCUT2D eigenvalue weighted by Gasteiger charge is 2.01. The van der Waals surface area contributed by atoms with Gasteiger partial charge in [-0.1, -0.05) is 0 Å². The third-order valence-corrected chi connectivity index (χ3v) is 1.50. The summed E-state index contributed by atoms with van der Waals surface area (Å²) in [5, 5.41) is 7.03. The van der Waals surface area contributed by atoms with Gasteiger partial charge in [0.05, 0.1) is 4.47 Å². The van der Waals surface area contributed by atoms with Crippen LogP contribution in [0.5, 0.6) is 0 Å². The van der Waals surface area contributed by atoms with Crippen LogP contribution in [0.1, 0.15) is 5.69 Å². The molecule has 1 aromatic rings. The van der Waals surface area contributed by atoms with Crippen LogP contribution in [0.15, 0.2) is 17.0 Å². The minimum atomic E-state index is -0.0609. The average molecular weight is 201 g/mol. The SMILES string of the molecule is N=C(N)c1ncncc1Br. The van der Waals surface area contributed by atoms with Gasteiger partial charge in [-0.25, -0.2) is 9.97 Å². The van der Waals surface area contributed by atoms with Gasteiger partial charge in [-0.05, 0) is 15.9 Å². The third kappa shape index (κ3) is 1.30. The molecule has 0 amide bonds. The molecule has 0 saturated heterocycles. The fourth-order valence-electron chi connectivity index (χ4n) is 0.511. The highest BCUT2D eigenvalue weighted by Crippen LogP contribution is 2.09. The molecule has 1 heterocycles. The lowest BCUT2D eigenvalue weighted by molar-refractivity contribution is 1.12. The second kappa shape index (κ2) is 2.74. The van der Waals surface area contributed by atoms with Gasteiger partial charge in [-0.3, -0.25) is 5.41 Å². The summed E-state index contributed by atoms with van der Waals surface area (Å²) in [7, 11) is 0. The first-order chi connectivity index (χ1) is 4.72. The van der Waals surface area contributed by atoms with Gasteiger partial charge in [0, 0.05) is 6.20 Å². The number of rotatable bonds is 1. The summed E-state index contributed by atoms with van der Waals surface area (Å²) in [4.78, 5) is 7.49. The Kier molecular flexibility index (Phi) is 1.96. The molecule has 1 rings (SSSR count). The lowest BCUT2D eigenvalue weighted by Gasteiger charge is -1.96. The van der Waals surface area contributed by atoms with E-state index in [9.17, 15) is 0 Å². The van der Waals surface area contributed by atoms with E-state index in [-0.39, 0.29) is 5.84 Å². The van der Waals surface area contributed by atoms with Crippen molar-refractivity contribution in [1.82, 2.24) is 9.97 Å². The molecule has 1 aromatic heterocycles. The smallest absolute Gasteiger partial charge is 0.143 e. The van der Waals surface area contributed by atoms with Crippen LogP contribution in [-0.2, 0) is 0 Å². The number of hydrogen-bond acceptors (Lipinski definition) is 3. The lowest BCUT2D eigenvalue weighted by atomic mass is 10.4. The van der Waals surface area contributed by atoms with Crippen LogP contribution in [0.4, 0.5) is 0 Å². The Balaban J connectivity index is 3.15. The summed E-state index contributed by atoms with van der Waals surface area (Å²) < 4.78 is 0.641. The molecule has 0 spiro atoms.